The SMILES string of the molecule is CCc1csc(C2CCCN(c3nnc(CC)c(CC)n3)C2)n1. The van der Waals surface area contributed by atoms with E-state index in [-0.39, 0.29) is 0 Å². The minimum Gasteiger partial charge on any atom is -0.339 e. The summed E-state index contributed by atoms with van der Waals surface area (Å²) in [4.78, 5) is 11.8. The molecule has 0 saturated carbocycles. The lowest BCUT2D eigenvalue weighted by atomic mass is 9.99. The summed E-state index contributed by atoms with van der Waals surface area (Å²) >= 11 is 1.80. The monoisotopic (exact) mass is 331 g/mol. The molecule has 0 N–H and O–H groups in total. The minimum absolute atomic E-state index is 0.494. The number of piperidine rings is 1. The van der Waals surface area contributed by atoms with Crippen LogP contribution in [0.3, 0.4) is 0 Å². The molecule has 2 aromatic rings. The van der Waals surface area contributed by atoms with Gasteiger partial charge >= 0.3 is 0 Å². The fraction of sp³-hybridized carbons (Fsp3) is 0.647. The molecule has 3 heterocycles. The molecule has 1 aliphatic heterocycles. The molecule has 0 aromatic carbocycles. The highest BCUT2D eigenvalue weighted by Gasteiger charge is 2.25. The average Bonchev–Trinajstić information content (AvgIpc) is 3.10. The van der Waals surface area contributed by atoms with Gasteiger partial charge in [-0.2, -0.15) is 5.10 Å². The van der Waals surface area contributed by atoms with Gasteiger partial charge in [0.25, 0.3) is 0 Å². The maximum absolute atomic E-state index is 4.78. The van der Waals surface area contributed by atoms with E-state index < -0.39 is 0 Å². The Hall–Kier alpha value is -1.56. The van der Waals surface area contributed by atoms with Crippen LogP contribution in [-0.4, -0.2) is 33.3 Å². The standard InChI is InChI=1S/C17H25N5S/c1-4-13-11-23-16(18-13)12-8-7-9-22(10-12)17-19-14(5-2)15(6-3)20-21-17/h11-12H,4-10H2,1-3H3. The van der Waals surface area contributed by atoms with Gasteiger partial charge in [0, 0.05) is 24.4 Å². The molecule has 1 aliphatic rings. The van der Waals surface area contributed by atoms with E-state index >= 15 is 0 Å². The summed E-state index contributed by atoms with van der Waals surface area (Å²) in [5, 5.41) is 12.2. The predicted molar refractivity (Wildman–Crippen MR) is 94.3 cm³/mol. The van der Waals surface area contributed by atoms with Crippen molar-refractivity contribution >= 4 is 17.3 Å². The highest BCUT2D eigenvalue weighted by Crippen LogP contribution is 2.30. The highest BCUT2D eigenvalue weighted by molar-refractivity contribution is 7.09. The zero-order valence-corrected chi connectivity index (χ0v) is 15.1. The number of hydrogen-bond donors (Lipinski definition) is 0. The Balaban J connectivity index is 1.78. The van der Waals surface area contributed by atoms with E-state index in [1.807, 2.05) is 0 Å². The molecular formula is C17H25N5S. The predicted octanol–water partition coefficient (Wildman–Crippen LogP) is 3.40. The maximum atomic E-state index is 4.78. The number of hydrogen-bond acceptors (Lipinski definition) is 6. The average molecular weight is 331 g/mol. The summed E-state index contributed by atoms with van der Waals surface area (Å²) < 4.78 is 0. The lowest BCUT2D eigenvalue weighted by Gasteiger charge is -2.31. The van der Waals surface area contributed by atoms with E-state index in [0.29, 0.717) is 5.92 Å². The third-order valence-corrected chi connectivity index (χ3v) is 5.54. The van der Waals surface area contributed by atoms with Crippen LogP contribution in [0.2, 0.25) is 0 Å². The van der Waals surface area contributed by atoms with Crippen LogP contribution < -0.4 is 4.90 Å². The van der Waals surface area contributed by atoms with E-state index in [0.717, 1.165) is 56.1 Å². The molecule has 2 aromatic heterocycles. The first-order chi connectivity index (χ1) is 11.2. The minimum atomic E-state index is 0.494. The van der Waals surface area contributed by atoms with Crippen LogP contribution in [0.15, 0.2) is 5.38 Å². The number of thiazole rings is 1. The number of aromatic nitrogens is 4. The summed E-state index contributed by atoms with van der Waals surface area (Å²) in [5.74, 6) is 1.28. The first-order valence-corrected chi connectivity index (χ1v) is 9.54. The molecule has 1 saturated heterocycles. The van der Waals surface area contributed by atoms with Gasteiger partial charge in [0.1, 0.15) is 0 Å². The summed E-state index contributed by atoms with van der Waals surface area (Å²) in [5.41, 5.74) is 3.32. The fourth-order valence-electron chi connectivity index (χ4n) is 3.10. The molecule has 124 valence electrons. The molecule has 0 bridgehead atoms. The van der Waals surface area contributed by atoms with Gasteiger partial charge in [0.2, 0.25) is 5.95 Å². The van der Waals surface area contributed by atoms with Crippen molar-refractivity contribution in [3.8, 4) is 0 Å². The summed E-state index contributed by atoms with van der Waals surface area (Å²) in [7, 11) is 0. The molecule has 3 rings (SSSR count). The third-order valence-electron chi connectivity index (χ3n) is 4.48. The van der Waals surface area contributed by atoms with E-state index in [4.69, 9.17) is 9.97 Å². The Morgan fingerprint density at radius 3 is 2.61 bits per heavy atom. The summed E-state index contributed by atoms with van der Waals surface area (Å²) in [6.07, 6.45) is 5.18. The van der Waals surface area contributed by atoms with Crippen molar-refractivity contribution < 1.29 is 0 Å². The van der Waals surface area contributed by atoms with Crippen LogP contribution in [0, 0.1) is 0 Å². The molecule has 1 fully saturated rings. The normalized spacial score (nSPS) is 18.4. The Morgan fingerprint density at radius 1 is 1.09 bits per heavy atom. The maximum Gasteiger partial charge on any atom is 0.245 e. The largest absolute Gasteiger partial charge is 0.339 e. The first kappa shape index (κ1) is 16.3. The van der Waals surface area contributed by atoms with Gasteiger partial charge in [-0.25, -0.2) is 9.97 Å². The smallest absolute Gasteiger partial charge is 0.245 e. The molecule has 0 amide bonds. The van der Waals surface area contributed by atoms with E-state index in [1.165, 1.54) is 17.1 Å². The van der Waals surface area contributed by atoms with Crippen molar-refractivity contribution in [3.05, 3.63) is 27.5 Å². The van der Waals surface area contributed by atoms with Gasteiger partial charge in [0.05, 0.1) is 22.1 Å². The lowest BCUT2D eigenvalue weighted by molar-refractivity contribution is 0.498. The van der Waals surface area contributed by atoms with Crippen molar-refractivity contribution in [1.82, 2.24) is 20.2 Å². The second-order valence-corrected chi connectivity index (χ2v) is 6.92. The summed E-state index contributed by atoms with van der Waals surface area (Å²) in [6.45, 7) is 8.36. The quantitative estimate of drug-likeness (QED) is 0.840. The van der Waals surface area contributed by atoms with Gasteiger partial charge in [0.15, 0.2) is 0 Å². The van der Waals surface area contributed by atoms with E-state index in [1.54, 1.807) is 11.3 Å². The van der Waals surface area contributed by atoms with Gasteiger partial charge in [-0.3, -0.25) is 0 Å². The van der Waals surface area contributed by atoms with Crippen molar-refractivity contribution in [3.63, 3.8) is 0 Å². The lowest BCUT2D eigenvalue weighted by Crippen LogP contribution is -2.36. The van der Waals surface area contributed by atoms with E-state index in [2.05, 4.69) is 41.2 Å². The molecule has 1 unspecified atom stereocenters. The molecule has 0 radical (unpaired) electrons. The van der Waals surface area contributed by atoms with Crippen LogP contribution in [0.5, 0.6) is 0 Å². The molecule has 0 aliphatic carbocycles. The van der Waals surface area contributed by atoms with Gasteiger partial charge < -0.3 is 4.90 Å². The van der Waals surface area contributed by atoms with Crippen molar-refractivity contribution in [2.24, 2.45) is 0 Å². The molecular weight excluding hydrogens is 306 g/mol. The van der Waals surface area contributed by atoms with Crippen LogP contribution in [0.4, 0.5) is 5.95 Å². The highest BCUT2D eigenvalue weighted by atomic mass is 32.1. The van der Waals surface area contributed by atoms with Crippen molar-refractivity contribution in [2.45, 2.75) is 58.8 Å². The van der Waals surface area contributed by atoms with Gasteiger partial charge in [-0.15, -0.1) is 16.4 Å². The Kier molecular flexibility index (Phi) is 5.20. The molecule has 1 atom stereocenters. The van der Waals surface area contributed by atoms with Gasteiger partial charge in [-0.05, 0) is 32.1 Å². The number of anilines is 1. The molecule has 6 heteroatoms. The first-order valence-electron chi connectivity index (χ1n) is 8.66. The van der Waals surface area contributed by atoms with Crippen LogP contribution in [-0.2, 0) is 19.3 Å². The van der Waals surface area contributed by atoms with Crippen LogP contribution in [0.25, 0.3) is 0 Å². The molecule has 23 heavy (non-hydrogen) atoms. The Bertz CT molecular complexity index is 654. The second-order valence-electron chi connectivity index (χ2n) is 6.03. The van der Waals surface area contributed by atoms with Crippen LogP contribution in [0.1, 0.15) is 61.6 Å². The summed E-state index contributed by atoms with van der Waals surface area (Å²) in [6, 6.07) is 0. The van der Waals surface area contributed by atoms with Gasteiger partial charge in [-0.1, -0.05) is 20.8 Å². The Labute approximate surface area is 142 Å². The zero-order valence-electron chi connectivity index (χ0n) is 14.2. The molecule has 0 spiro atoms. The van der Waals surface area contributed by atoms with Crippen molar-refractivity contribution in [2.75, 3.05) is 18.0 Å². The Morgan fingerprint density at radius 2 is 1.91 bits per heavy atom. The topological polar surface area (TPSA) is 54.8 Å². The fourth-order valence-corrected chi connectivity index (χ4v) is 4.13. The number of aryl methyl sites for hydroxylation is 3. The zero-order chi connectivity index (χ0) is 16.2. The van der Waals surface area contributed by atoms with Crippen LogP contribution >= 0.6 is 11.3 Å². The van der Waals surface area contributed by atoms with Crippen molar-refractivity contribution in [1.29, 1.82) is 0 Å². The second kappa shape index (κ2) is 7.34. The van der Waals surface area contributed by atoms with E-state index in [9.17, 15) is 0 Å². The third kappa shape index (κ3) is 3.52. The number of rotatable bonds is 5. The molecule has 5 nitrogen and oxygen atoms in total. The number of nitrogens with zero attached hydrogens (tertiary/aromatic N) is 5.